The fraction of sp³-hybridized carbons (Fsp3) is 0.889. The van der Waals surface area contributed by atoms with E-state index in [0.29, 0.717) is 0 Å². The third-order valence-electron chi connectivity index (χ3n) is 2.67. The number of carbonyl (C=O) groups excluding carboxylic acids is 1. The summed E-state index contributed by atoms with van der Waals surface area (Å²) in [6, 6.07) is 0. The lowest BCUT2D eigenvalue weighted by Crippen LogP contribution is -2.52. The van der Waals surface area contributed by atoms with Crippen LogP contribution in [0.2, 0.25) is 0 Å². The van der Waals surface area contributed by atoms with Gasteiger partial charge in [0.15, 0.2) is 0 Å². The fourth-order valence-corrected chi connectivity index (χ4v) is 1.18. The maximum Gasteiger partial charge on any atom is 0.237 e. The molecule has 0 aromatic rings. The minimum absolute atomic E-state index is 0.276. The first-order chi connectivity index (χ1) is 5.52. The second-order valence-electron chi connectivity index (χ2n) is 4.17. The molecule has 1 aliphatic rings. The number of carbonyl (C=O) groups is 1. The summed E-state index contributed by atoms with van der Waals surface area (Å²) in [6.45, 7) is 4.58. The lowest BCUT2D eigenvalue weighted by Gasteiger charge is -2.30. The van der Waals surface area contributed by atoms with E-state index in [1.54, 1.807) is 0 Å². The highest BCUT2D eigenvalue weighted by Gasteiger charge is 2.26. The van der Waals surface area contributed by atoms with E-state index < -0.39 is 5.54 Å². The molecule has 70 valence electrons. The predicted molar refractivity (Wildman–Crippen MR) is 48.6 cm³/mol. The van der Waals surface area contributed by atoms with Gasteiger partial charge in [0.05, 0.1) is 5.54 Å². The lowest BCUT2D eigenvalue weighted by molar-refractivity contribution is -0.123. The quantitative estimate of drug-likeness (QED) is 0.650. The number of nitrogens with one attached hydrogen (secondary N) is 1. The van der Waals surface area contributed by atoms with E-state index in [1.165, 1.54) is 19.3 Å². The van der Waals surface area contributed by atoms with E-state index in [4.69, 9.17) is 5.73 Å². The monoisotopic (exact) mass is 170 g/mol. The third-order valence-corrected chi connectivity index (χ3v) is 2.67. The van der Waals surface area contributed by atoms with Crippen LogP contribution in [-0.4, -0.2) is 18.0 Å². The zero-order valence-electron chi connectivity index (χ0n) is 7.89. The molecule has 1 aliphatic carbocycles. The Balaban J connectivity index is 2.24. The van der Waals surface area contributed by atoms with Crippen molar-refractivity contribution in [3.63, 3.8) is 0 Å². The van der Waals surface area contributed by atoms with Gasteiger partial charge in [0.1, 0.15) is 0 Å². The molecule has 3 nitrogen and oxygen atoms in total. The van der Waals surface area contributed by atoms with Crippen molar-refractivity contribution in [3.8, 4) is 0 Å². The molecule has 0 spiro atoms. The van der Waals surface area contributed by atoms with Crippen molar-refractivity contribution in [3.05, 3.63) is 0 Å². The number of amides is 1. The second-order valence-corrected chi connectivity index (χ2v) is 4.17. The number of hydrogen-bond acceptors (Lipinski definition) is 2. The molecule has 0 saturated heterocycles. The van der Waals surface area contributed by atoms with Gasteiger partial charge < -0.3 is 11.1 Å². The van der Waals surface area contributed by atoms with Crippen molar-refractivity contribution in [2.75, 3.05) is 6.54 Å². The van der Waals surface area contributed by atoms with Crippen molar-refractivity contribution in [1.82, 2.24) is 5.32 Å². The Labute approximate surface area is 73.7 Å². The van der Waals surface area contributed by atoms with Crippen LogP contribution in [0.25, 0.3) is 0 Å². The first-order valence-electron chi connectivity index (χ1n) is 4.57. The van der Waals surface area contributed by atoms with E-state index in [0.717, 1.165) is 12.5 Å². The summed E-state index contributed by atoms with van der Waals surface area (Å²) in [5.74, 6) is 0.491. The minimum atomic E-state index is -0.546. The van der Waals surface area contributed by atoms with E-state index in [9.17, 15) is 4.79 Å². The molecule has 1 rings (SSSR count). The van der Waals surface area contributed by atoms with Crippen molar-refractivity contribution in [2.45, 2.75) is 38.6 Å². The van der Waals surface area contributed by atoms with Crippen molar-refractivity contribution in [2.24, 2.45) is 11.7 Å². The van der Waals surface area contributed by atoms with Gasteiger partial charge in [0, 0.05) is 0 Å². The molecular formula is C9H18N2O. The van der Waals surface area contributed by atoms with E-state index in [1.807, 2.05) is 13.8 Å². The van der Waals surface area contributed by atoms with Crippen LogP contribution < -0.4 is 11.1 Å². The van der Waals surface area contributed by atoms with Gasteiger partial charge in [-0.25, -0.2) is 0 Å². The highest BCUT2D eigenvalue weighted by Crippen LogP contribution is 2.25. The molecular weight excluding hydrogens is 152 g/mol. The zero-order valence-corrected chi connectivity index (χ0v) is 7.89. The summed E-state index contributed by atoms with van der Waals surface area (Å²) in [5.41, 5.74) is 4.67. The van der Waals surface area contributed by atoms with Crippen LogP contribution in [0, 0.1) is 5.92 Å². The summed E-state index contributed by atoms with van der Waals surface area (Å²) >= 11 is 0. The van der Waals surface area contributed by atoms with Crippen LogP contribution in [0.3, 0.4) is 0 Å². The van der Waals surface area contributed by atoms with Gasteiger partial charge >= 0.3 is 0 Å². The highest BCUT2D eigenvalue weighted by atomic mass is 16.1. The van der Waals surface area contributed by atoms with Gasteiger partial charge in [0.2, 0.25) is 5.91 Å². The SMILES string of the molecule is CC(C)(NCC1CCC1)C(N)=O. The molecule has 1 saturated carbocycles. The first-order valence-corrected chi connectivity index (χ1v) is 4.57. The minimum Gasteiger partial charge on any atom is -0.368 e. The predicted octanol–water partition coefficient (Wildman–Crippen LogP) is 0.640. The normalized spacial score (nSPS) is 18.8. The topological polar surface area (TPSA) is 55.1 Å². The van der Waals surface area contributed by atoms with Crippen LogP contribution >= 0.6 is 0 Å². The molecule has 0 aliphatic heterocycles. The maximum absolute atomic E-state index is 10.9. The Morgan fingerprint density at radius 2 is 2.17 bits per heavy atom. The average Bonchev–Trinajstić information content (AvgIpc) is 1.83. The molecule has 0 radical (unpaired) electrons. The molecule has 12 heavy (non-hydrogen) atoms. The molecule has 0 aromatic carbocycles. The molecule has 0 unspecified atom stereocenters. The number of nitrogens with two attached hydrogens (primary N) is 1. The van der Waals surface area contributed by atoms with Gasteiger partial charge in [0.25, 0.3) is 0 Å². The van der Waals surface area contributed by atoms with E-state index >= 15 is 0 Å². The largest absolute Gasteiger partial charge is 0.368 e. The summed E-state index contributed by atoms with van der Waals surface area (Å²) in [6.07, 6.45) is 3.92. The summed E-state index contributed by atoms with van der Waals surface area (Å²) in [4.78, 5) is 10.9. The lowest BCUT2D eigenvalue weighted by atomic mass is 9.85. The number of primary amides is 1. The Bertz CT molecular complexity index is 173. The van der Waals surface area contributed by atoms with Gasteiger partial charge in [-0.2, -0.15) is 0 Å². The maximum atomic E-state index is 10.9. The third kappa shape index (κ3) is 2.21. The molecule has 0 aromatic heterocycles. The molecule has 1 amide bonds. The molecule has 3 N–H and O–H groups in total. The number of hydrogen-bond donors (Lipinski definition) is 2. The van der Waals surface area contributed by atoms with Gasteiger partial charge in [-0.1, -0.05) is 6.42 Å². The van der Waals surface area contributed by atoms with Crippen molar-refractivity contribution < 1.29 is 4.79 Å². The van der Waals surface area contributed by atoms with Gasteiger partial charge in [-0.3, -0.25) is 4.79 Å². The summed E-state index contributed by atoms with van der Waals surface area (Å²) in [5, 5.41) is 3.19. The van der Waals surface area contributed by atoms with E-state index in [2.05, 4.69) is 5.32 Å². The first kappa shape index (κ1) is 9.52. The Hall–Kier alpha value is -0.570. The van der Waals surface area contributed by atoms with Crippen LogP contribution in [-0.2, 0) is 4.79 Å². The van der Waals surface area contributed by atoms with Crippen LogP contribution in [0.1, 0.15) is 33.1 Å². The number of rotatable bonds is 4. The van der Waals surface area contributed by atoms with E-state index in [-0.39, 0.29) is 5.91 Å². The molecule has 3 heteroatoms. The molecule has 0 bridgehead atoms. The summed E-state index contributed by atoms with van der Waals surface area (Å²) in [7, 11) is 0. The standard InChI is InChI=1S/C9H18N2O/c1-9(2,8(10)12)11-6-7-4-3-5-7/h7,11H,3-6H2,1-2H3,(H2,10,12). The van der Waals surface area contributed by atoms with Crippen LogP contribution in [0.4, 0.5) is 0 Å². The zero-order chi connectivity index (χ0) is 9.19. The molecule has 1 fully saturated rings. The second kappa shape index (κ2) is 3.44. The Kier molecular flexibility index (Phi) is 2.73. The Morgan fingerprint density at radius 3 is 2.50 bits per heavy atom. The smallest absolute Gasteiger partial charge is 0.237 e. The highest BCUT2D eigenvalue weighted by molar-refractivity contribution is 5.83. The Morgan fingerprint density at radius 1 is 1.58 bits per heavy atom. The molecule has 0 atom stereocenters. The van der Waals surface area contributed by atoms with Crippen LogP contribution in [0.5, 0.6) is 0 Å². The van der Waals surface area contributed by atoms with Crippen LogP contribution in [0.15, 0.2) is 0 Å². The van der Waals surface area contributed by atoms with Crippen molar-refractivity contribution >= 4 is 5.91 Å². The van der Waals surface area contributed by atoms with Gasteiger partial charge in [-0.05, 0) is 39.2 Å². The average molecular weight is 170 g/mol. The fourth-order valence-electron chi connectivity index (χ4n) is 1.18. The molecule has 0 heterocycles. The summed E-state index contributed by atoms with van der Waals surface area (Å²) < 4.78 is 0. The van der Waals surface area contributed by atoms with Gasteiger partial charge in [-0.15, -0.1) is 0 Å². The van der Waals surface area contributed by atoms with Crippen molar-refractivity contribution in [1.29, 1.82) is 0 Å².